The molecule has 9 nitrogen and oxygen atoms in total. The molecule has 0 aliphatic carbocycles. The summed E-state index contributed by atoms with van der Waals surface area (Å²) in [7, 11) is 0. The maximum Gasteiger partial charge on any atom is 0.277 e. The van der Waals surface area contributed by atoms with Gasteiger partial charge in [-0.15, -0.1) is 0 Å². The standard InChI is InChI=1S/C15H12N6O3/c1-10-8-14(18-15(22)13-9-16-6-7-17-13)20(19-10)11-2-4-12(5-3-11)21(23)24/h2-9H,1H3,(H,18,22). The lowest BCUT2D eigenvalue weighted by atomic mass is 10.3. The molecule has 3 rings (SSSR count). The molecule has 2 heterocycles. The van der Waals surface area contributed by atoms with Gasteiger partial charge in [0.1, 0.15) is 11.5 Å². The fourth-order valence-electron chi connectivity index (χ4n) is 2.10. The Bertz CT molecular complexity index is 889. The van der Waals surface area contributed by atoms with Crippen LogP contribution in [0.4, 0.5) is 11.5 Å². The van der Waals surface area contributed by atoms with E-state index in [-0.39, 0.29) is 11.4 Å². The fourth-order valence-corrected chi connectivity index (χ4v) is 2.10. The van der Waals surface area contributed by atoms with Crippen LogP contribution >= 0.6 is 0 Å². The minimum absolute atomic E-state index is 0.0206. The molecule has 9 heteroatoms. The first kappa shape index (κ1) is 15.3. The van der Waals surface area contributed by atoms with Crippen LogP contribution in [-0.2, 0) is 0 Å². The smallest absolute Gasteiger partial charge is 0.277 e. The number of benzene rings is 1. The predicted octanol–water partition coefficient (Wildman–Crippen LogP) is 2.13. The van der Waals surface area contributed by atoms with Crippen molar-refractivity contribution < 1.29 is 9.72 Å². The van der Waals surface area contributed by atoms with E-state index in [9.17, 15) is 14.9 Å². The van der Waals surface area contributed by atoms with E-state index in [0.29, 0.717) is 17.2 Å². The molecule has 24 heavy (non-hydrogen) atoms. The van der Waals surface area contributed by atoms with E-state index in [0.717, 1.165) is 0 Å². The summed E-state index contributed by atoms with van der Waals surface area (Å²) in [6.07, 6.45) is 4.25. The number of carbonyl (C=O) groups is 1. The third-order valence-corrected chi connectivity index (χ3v) is 3.17. The van der Waals surface area contributed by atoms with E-state index in [2.05, 4.69) is 20.4 Å². The summed E-state index contributed by atoms with van der Waals surface area (Å²) in [5.74, 6) is 0.00293. The van der Waals surface area contributed by atoms with E-state index in [1.807, 2.05) is 0 Å². The average molecular weight is 324 g/mol. The van der Waals surface area contributed by atoms with Gasteiger partial charge < -0.3 is 5.32 Å². The van der Waals surface area contributed by atoms with Crippen molar-refractivity contribution in [1.29, 1.82) is 0 Å². The molecule has 3 aromatic rings. The summed E-state index contributed by atoms with van der Waals surface area (Å²) >= 11 is 0. The van der Waals surface area contributed by atoms with Crippen LogP contribution in [0.1, 0.15) is 16.2 Å². The number of nitro benzene ring substituents is 1. The first-order valence-electron chi connectivity index (χ1n) is 6.93. The molecule has 1 aromatic carbocycles. The maximum absolute atomic E-state index is 12.2. The van der Waals surface area contributed by atoms with Gasteiger partial charge in [0.25, 0.3) is 11.6 Å². The second-order valence-corrected chi connectivity index (χ2v) is 4.90. The molecule has 1 N–H and O–H groups in total. The van der Waals surface area contributed by atoms with Crippen LogP contribution in [0.3, 0.4) is 0 Å². The lowest BCUT2D eigenvalue weighted by Crippen LogP contribution is -2.16. The summed E-state index contributed by atoms with van der Waals surface area (Å²) in [4.78, 5) is 30.3. The number of non-ortho nitro benzene ring substituents is 1. The van der Waals surface area contributed by atoms with E-state index < -0.39 is 10.8 Å². The molecule has 0 saturated carbocycles. The van der Waals surface area contributed by atoms with Crippen LogP contribution in [0.15, 0.2) is 48.9 Å². The Morgan fingerprint density at radius 1 is 1.25 bits per heavy atom. The molecule has 120 valence electrons. The molecule has 0 unspecified atom stereocenters. The van der Waals surface area contributed by atoms with Crippen LogP contribution in [0.5, 0.6) is 0 Å². The summed E-state index contributed by atoms with van der Waals surface area (Å²) in [6, 6.07) is 7.56. The quantitative estimate of drug-likeness (QED) is 0.580. The lowest BCUT2D eigenvalue weighted by Gasteiger charge is -2.08. The Balaban J connectivity index is 1.90. The highest BCUT2D eigenvalue weighted by molar-refractivity contribution is 6.02. The number of amides is 1. The second kappa shape index (κ2) is 6.24. The molecule has 2 aromatic heterocycles. The largest absolute Gasteiger partial charge is 0.305 e. The van der Waals surface area contributed by atoms with Crippen molar-refractivity contribution in [3.63, 3.8) is 0 Å². The van der Waals surface area contributed by atoms with Crippen LogP contribution < -0.4 is 5.32 Å². The maximum atomic E-state index is 12.2. The SMILES string of the molecule is Cc1cc(NC(=O)c2cnccn2)n(-c2ccc([N+](=O)[O-])cc2)n1. The van der Waals surface area contributed by atoms with Gasteiger partial charge in [-0.05, 0) is 19.1 Å². The molecule has 0 radical (unpaired) electrons. The Kier molecular flexibility index (Phi) is 3.98. The number of carbonyl (C=O) groups excluding carboxylic acids is 1. The number of nitro groups is 1. The van der Waals surface area contributed by atoms with Crippen LogP contribution in [0, 0.1) is 17.0 Å². The van der Waals surface area contributed by atoms with Gasteiger partial charge >= 0.3 is 0 Å². The van der Waals surface area contributed by atoms with E-state index >= 15 is 0 Å². The summed E-state index contributed by atoms with van der Waals surface area (Å²) in [6.45, 7) is 1.78. The van der Waals surface area contributed by atoms with E-state index in [1.165, 1.54) is 35.4 Å². The van der Waals surface area contributed by atoms with Crippen LogP contribution in [-0.4, -0.2) is 30.6 Å². The number of aromatic nitrogens is 4. The van der Waals surface area contributed by atoms with Crippen molar-refractivity contribution >= 4 is 17.4 Å². The average Bonchev–Trinajstić information content (AvgIpc) is 2.96. The Hall–Kier alpha value is -3.62. The monoisotopic (exact) mass is 324 g/mol. The summed E-state index contributed by atoms with van der Waals surface area (Å²) in [5.41, 5.74) is 1.42. The molecular weight excluding hydrogens is 312 g/mol. The van der Waals surface area contributed by atoms with Gasteiger partial charge in [0.2, 0.25) is 0 Å². The Labute approximate surface area is 136 Å². The zero-order valence-corrected chi connectivity index (χ0v) is 12.6. The Morgan fingerprint density at radius 2 is 2.00 bits per heavy atom. The molecule has 0 aliphatic heterocycles. The molecule has 0 fully saturated rings. The predicted molar refractivity (Wildman–Crippen MR) is 84.9 cm³/mol. The van der Waals surface area contributed by atoms with E-state index in [4.69, 9.17) is 0 Å². The zero-order valence-electron chi connectivity index (χ0n) is 12.6. The third kappa shape index (κ3) is 3.09. The molecule has 0 aliphatic rings. The number of anilines is 1. The topological polar surface area (TPSA) is 116 Å². The fraction of sp³-hybridized carbons (Fsp3) is 0.0667. The minimum Gasteiger partial charge on any atom is -0.305 e. The number of aryl methyl sites for hydroxylation is 1. The highest BCUT2D eigenvalue weighted by Gasteiger charge is 2.14. The number of nitrogens with one attached hydrogen (secondary N) is 1. The first-order chi connectivity index (χ1) is 11.5. The van der Waals surface area contributed by atoms with Gasteiger partial charge in [0.05, 0.1) is 22.5 Å². The van der Waals surface area contributed by atoms with Gasteiger partial charge in [-0.25, -0.2) is 9.67 Å². The molecular formula is C15H12N6O3. The zero-order chi connectivity index (χ0) is 17.1. The van der Waals surface area contributed by atoms with Crippen molar-refractivity contribution in [2.75, 3.05) is 5.32 Å². The summed E-state index contributed by atoms with van der Waals surface area (Å²) < 4.78 is 1.49. The van der Waals surface area contributed by atoms with Gasteiger partial charge in [-0.2, -0.15) is 5.10 Å². The highest BCUT2D eigenvalue weighted by atomic mass is 16.6. The van der Waals surface area contributed by atoms with Crippen molar-refractivity contribution in [3.05, 3.63) is 70.4 Å². The number of rotatable bonds is 4. The second-order valence-electron chi connectivity index (χ2n) is 4.90. The molecule has 0 bridgehead atoms. The third-order valence-electron chi connectivity index (χ3n) is 3.17. The Morgan fingerprint density at radius 3 is 2.62 bits per heavy atom. The minimum atomic E-state index is -0.477. The van der Waals surface area contributed by atoms with E-state index in [1.54, 1.807) is 25.1 Å². The van der Waals surface area contributed by atoms with Crippen molar-refractivity contribution in [2.45, 2.75) is 6.92 Å². The normalized spacial score (nSPS) is 10.4. The van der Waals surface area contributed by atoms with Gasteiger partial charge in [-0.1, -0.05) is 0 Å². The molecule has 0 saturated heterocycles. The number of hydrogen-bond acceptors (Lipinski definition) is 6. The van der Waals surface area contributed by atoms with Gasteiger partial charge in [0.15, 0.2) is 0 Å². The first-order valence-corrected chi connectivity index (χ1v) is 6.93. The summed E-state index contributed by atoms with van der Waals surface area (Å²) in [5, 5.41) is 17.7. The number of hydrogen-bond donors (Lipinski definition) is 1. The molecule has 0 spiro atoms. The van der Waals surface area contributed by atoms with Crippen molar-refractivity contribution in [2.24, 2.45) is 0 Å². The molecule has 1 amide bonds. The van der Waals surface area contributed by atoms with Crippen LogP contribution in [0.2, 0.25) is 0 Å². The van der Waals surface area contributed by atoms with Crippen molar-refractivity contribution in [3.8, 4) is 5.69 Å². The van der Waals surface area contributed by atoms with Crippen molar-refractivity contribution in [1.82, 2.24) is 19.7 Å². The number of nitrogens with zero attached hydrogens (tertiary/aromatic N) is 5. The molecule has 0 atom stereocenters. The van der Waals surface area contributed by atoms with Crippen LogP contribution in [0.25, 0.3) is 5.69 Å². The van der Waals surface area contributed by atoms with Gasteiger partial charge in [0, 0.05) is 30.6 Å². The van der Waals surface area contributed by atoms with Gasteiger partial charge in [-0.3, -0.25) is 19.9 Å². The highest BCUT2D eigenvalue weighted by Crippen LogP contribution is 2.20. The lowest BCUT2D eigenvalue weighted by molar-refractivity contribution is -0.384.